The topological polar surface area (TPSA) is 35.6 Å². The lowest BCUT2D eigenvalue weighted by molar-refractivity contribution is 1.17. The Morgan fingerprint density at radius 1 is 0.300 bits per heavy atom. The highest BCUT2D eigenvalue weighted by atomic mass is 15.0. The monoisotopic (exact) mass is 764 g/mol. The lowest BCUT2D eigenvalue weighted by Crippen LogP contribution is -1.98. The molecule has 0 amide bonds. The Morgan fingerprint density at radius 3 is 1.52 bits per heavy atom. The summed E-state index contributed by atoms with van der Waals surface area (Å²) in [5, 5.41) is 7.24. The molecule has 3 aromatic heterocycles. The van der Waals surface area contributed by atoms with Crippen LogP contribution in [0.5, 0.6) is 0 Å². The summed E-state index contributed by atoms with van der Waals surface area (Å²) in [4.78, 5) is 10.5. The molecular weight excluding hydrogens is 729 g/mol. The molecule has 12 aromatic rings. The summed E-state index contributed by atoms with van der Waals surface area (Å²) < 4.78 is 4.82. The number of aromatic nitrogens is 4. The Kier molecular flexibility index (Phi) is 7.82. The average Bonchev–Trinajstić information content (AvgIpc) is 3.85. The predicted molar refractivity (Wildman–Crippen MR) is 250 cm³/mol. The van der Waals surface area contributed by atoms with E-state index < -0.39 is 0 Å². The van der Waals surface area contributed by atoms with Crippen molar-refractivity contribution in [3.05, 3.63) is 218 Å². The fourth-order valence-corrected chi connectivity index (χ4v) is 9.22. The third-order valence-electron chi connectivity index (χ3n) is 11.9. The van der Waals surface area contributed by atoms with Crippen molar-refractivity contribution in [2.75, 3.05) is 0 Å². The zero-order valence-electron chi connectivity index (χ0n) is 32.6. The molecule has 4 nitrogen and oxygen atoms in total. The standard InChI is InChI=1S/C56H36N4/c1-4-16-37(17-5-1)39-20-14-22-41(34-39)49-36-48(38-18-6-2-7-19-38)57-56(58-49)45-27-15-21-40-35-43(30-31-44(40)45)60-51-29-13-11-26-47(51)55-53(60)33-32-52-54(55)46-25-10-12-28-50(46)59(52)42-23-8-3-9-24-42/h1-36H. The maximum atomic E-state index is 5.30. The Balaban J connectivity index is 1.04. The van der Waals surface area contributed by atoms with Crippen molar-refractivity contribution in [2.24, 2.45) is 0 Å². The predicted octanol–water partition coefficient (Wildman–Crippen LogP) is 14.5. The van der Waals surface area contributed by atoms with Gasteiger partial charge in [0, 0.05) is 49.6 Å². The van der Waals surface area contributed by atoms with Crippen LogP contribution in [0.1, 0.15) is 0 Å². The van der Waals surface area contributed by atoms with Crippen LogP contribution in [0.25, 0.3) is 111 Å². The Hall–Kier alpha value is -8.08. The molecule has 9 aromatic carbocycles. The van der Waals surface area contributed by atoms with E-state index in [-0.39, 0.29) is 0 Å². The van der Waals surface area contributed by atoms with Crippen LogP contribution in [0, 0.1) is 0 Å². The Labute approximate surface area is 346 Å². The van der Waals surface area contributed by atoms with Crippen molar-refractivity contribution in [3.8, 4) is 56.4 Å². The van der Waals surface area contributed by atoms with Gasteiger partial charge < -0.3 is 9.13 Å². The average molecular weight is 765 g/mol. The molecule has 0 unspecified atom stereocenters. The molecule has 3 heterocycles. The van der Waals surface area contributed by atoms with Crippen molar-refractivity contribution >= 4 is 54.4 Å². The maximum absolute atomic E-state index is 5.30. The van der Waals surface area contributed by atoms with Crippen LogP contribution >= 0.6 is 0 Å². The Morgan fingerprint density at radius 2 is 0.833 bits per heavy atom. The van der Waals surface area contributed by atoms with Crippen molar-refractivity contribution < 1.29 is 0 Å². The molecule has 0 N–H and O–H groups in total. The van der Waals surface area contributed by atoms with Gasteiger partial charge in [-0.1, -0.05) is 158 Å². The van der Waals surface area contributed by atoms with Crippen LogP contribution in [-0.2, 0) is 0 Å². The second-order valence-corrected chi connectivity index (χ2v) is 15.4. The number of hydrogen-bond donors (Lipinski definition) is 0. The van der Waals surface area contributed by atoms with Gasteiger partial charge in [0.25, 0.3) is 0 Å². The molecule has 0 saturated carbocycles. The lowest BCUT2D eigenvalue weighted by Gasteiger charge is -2.13. The molecule has 0 aliphatic carbocycles. The van der Waals surface area contributed by atoms with Gasteiger partial charge in [0.15, 0.2) is 5.82 Å². The van der Waals surface area contributed by atoms with Gasteiger partial charge >= 0.3 is 0 Å². The molecule has 0 fully saturated rings. The maximum Gasteiger partial charge on any atom is 0.161 e. The molecule has 0 saturated heterocycles. The minimum absolute atomic E-state index is 0.698. The molecule has 0 aliphatic heterocycles. The zero-order valence-corrected chi connectivity index (χ0v) is 32.6. The fraction of sp³-hybridized carbons (Fsp3) is 0. The molecule has 12 rings (SSSR count). The molecule has 60 heavy (non-hydrogen) atoms. The van der Waals surface area contributed by atoms with E-state index in [0.29, 0.717) is 5.82 Å². The van der Waals surface area contributed by atoms with Gasteiger partial charge in [-0.05, 0) is 82.6 Å². The lowest BCUT2D eigenvalue weighted by atomic mass is 10.00. The van der Waals surface area contributed by atoms with E-state index in [1.807, 2.05) is 6.07 Å². The highest BCUT2D eigenvalue weighted by Gasteiger charge is 2.21. The summed E-state index contributed by atoms with van der Waals surface area (Å²) in [5.41, 5.74) is 14.2. The van der Waals surface area contributed by atoms with Crippen LogP contribution in [-0.4, -0.2) is 19.1 Å². The van der Waals surface area contributed by atoms with Gasteiger partial charge in [-0.15, -0.1) is 0 Å². The SMILES string of the molecule is c1ccc(-c2cccc(-c3cc(-c4ccccc4)nc(-c4cccc5cc(-n6c7ccccc7c7c8c9ccccc9n(-c9ccccc9)c8ccc76)ccc45)n3)c2)cc1. The third-order valence-corrected chi connectivity index (χ3v) is 11.9. The summed E-state index contributed by atoms with van der Waals surface area (Å²) in [6, 6.07) is 77.8. The van der Waals surface area contributed by atoms with Crippen LogP contribution in [0.15, 0.2) is 218 Å². The van der Waals surface area contributed by atoms with Gasteiger partial charge in [0.2, 0.25) is 0 Å². The first kappa shape index (κ1) is 34.0. The van der Waals surface area contributed by atoms with E-state index >= 15 is 0 Å². The van der Waals surface area contributed by atoms with E-state index in [1.165, 1.54) is 49.2 Å². The van der Waals surface area contributed by atoms with Gasteiger partial charge in [-0.3, -0.25) is 0 Å². The van der Waals surface area contributed by atoms with Crippen LogP contribution in [0.3, 0.4) is 0 Å². The zero-order chi connectivity index (χ0) is 39.6. The van der Waals surface area contributed by atoms with Crippen molar-refractivity contribution in [2.45, 2.75) is 0 Å². The quantitative estimate of drug-likeness (QED) is 0.169. The first-order chi connectivity index (χ1) is 29.8. The molecule has 0 spiro atoms. The smallest absolute Gasteiger partial charge is 0.161 e. The minimum atomic E-state index is 0.698. The number of hydrogen-bond acceptors (Lipinski definition) is 2. The summed E-state index contributed by atoms with van der Waals surface area (Å²) in [5.74, 6) is 0.698. The second kappa shape index (κ2) is 13.8. The number of benzene rings is 9. The number of para-hydroxylation sites is 3. The molecular formula is C56H36N4. The summed E-state index contributed by atoms with van der Waals surface area (Å²) in [6.45, 7) is 0. The first-order valence-corrected chi connectivity index (χ1v) is 20.4. The van der Waals surface area contributed by atoms with Crippen molar-refractivity contribution in [3.63, 3.8) is 0 Å². The van der Waals surface area contributed by atoms with Crippen LogP contribution < -0.4 is 0 Å². The number of nitrogens with zero attached hydrogens (tertiary/aromatic N) is 4. The van der Waals surface area contributed by atoms with Gasteiger partial charge in [0.05, 0.1) is 33.5 Å². The van der Waals surface area contributed by atoms with Crippen molar-refractivity contribution in [1.29, 1.82) is 0 Å². The first-order valence-electron chi connectivity index (χ1n) is 20.4. The molecule has 0 atom stereocenters. The van der Waals surface area contributed by atoms with Crippen LogP contribution in [0.4, 0.5) is 0 Å². The molecule has 0 radical (unpaired) electrons. The van der Waals surface area contributed by atoms with Gasteiger partial charge in [0.1, 0.15) is 0 Å². The summed E-state index contributed by atoms with van der Waals surface area (Å²) in [6.07, 6.45) is 0. The van der Waals surface area contributed by atoms with Gasteiger partial charge in [-0.25, -0.2) is 9.97 Å². The summed E-state index contributed by atoms with van der Waals surface area (Å²) >= 11 is 0. The molecule has 0 aliphatic rings. The normalized spacial score (nSPS) is 11.7. The minimum Gasteiger partial charge on any atom is -0.309 e. The van der Waals surface area contributed by atoms with E-state index in [4.69, 9.17) is 9.97 Å². The highest BCUT2D eigenvalue weighted by Crippen LogP contribution is 2.43. The van der Waals surface area contributed by atoms with Crippen molar-refractivity contribution in [1.82, 2.24) is 19.1 Å². The number of fused-ring (bicyclic) bond motifs is 8. The van der Waals surface area contributed by atoms with Gasteiger partial charge in [-0.2, -0.15) is 0 Å². The molecule has 280 valence electrons. The largest absolute Gasteiger partial charge is 0.309 e. The van der Waals surface area contributed by atoms with E-state index in [0.717, 1.165) is 55.8 Å². The van der Waals surface area contributed by atoms with E-state index in [1.54, 1.807) is 0 Å². The number of rotatable bonds is 6. The van der Waals surface area contributed by atoms with E-state index in [2.05, 4.69) is 221 Å². The van der Waals surface area contributed by atoms with E-state index in [9.17, 15) is 0 Å². The third kappa shape index (κ3) is 5.46. The summed E-state index contributed by atoms with van der Waals surface area (Å²) in [7, 11) is 0. The molecule has 0 bridgehead atoms. The fourth-order valence-electron chi connectivity index (χ4n) is 9.22. The second-order valence-electron chi connectivity index (χ2n) is 15.4. The highest BCUT2D eigenvalue weighted by molar-refractivity contribution is 6.29. The van der Waals surface area contributed by atoms with Crippen LogP contribution in [0.2, 0.25) is 0 Å². The Bertz CT molecular complexity index is 3580. The molecule has 4 heteroatoms.